The monoisotopic (exact) mass is 411 g/mol. The summed E-state index contributed by atoms with van der Waals surface area (Å²) in [5.74, 6) is 0.134. The van der Waals surface area contributed by atoms with E-state index in [1.54, 1.807) is 0 Å². The number of hydrogen-bond acceptors (Lipinski definition) is 3. The van der Waals surface area contributed by atoms with Gasteiger partial charge in [0.05, 0.1) is 13.0 Å². The van der Waals surface area contributed by atoms with Crippen molar-refractivity contribution in [3.63, 3.8) is 0 Å². The lowest BCUT2D eigenvalue weighted by atomic mass is 9.76. The molecule has 22 heavy (non-hydrogen) atoms. The van der Waals surface area contributed by atoms with Crippen LogP contribution in [0.5, 0.6) is 0 Å². The van der Waals surface area contributed by atoms with Crippen molar-refractivity contribution in [2.75, 3.05) is 13.7 Å². The molecule has 2 heterocycles. The number of piperidine rings is 1. The number of esters is 1. The first-order chi connectivity index (χ1) is 10.7. The summed E-state index contributed by atoms with van der Waals surface area (Å²) in [5, 5.41) is 0. The smallest absolute Gasteiger partial charge is 0.310 e. The van der Waals surface area contributed by atoms with E-state index >= 15 is 0 Å². The largest absolute Gasteiger partial charge is 0.469 e. The summed E-state index contributed by atoms with van der Waals surface area (Å²) in [7, 11) is 1.51. The number of hydrogen-bond donors (Lipinski definition) is 0. The zero-order valence-electron chi connectivity index (χ0n) is 12.9. The minimum Gasteiger partial charge on any atom is -0.469 e. The average molecular weight is 411 g/mol. The van der Waals surface area contributed by atoms with Crippen LogP contribution in [0.1, 0.15) is 30.7 Å². The van der Waals surface area contributed by atoms with E-state index in [4.69, 9.17) is 4.74 Å². The first kappa shape index (κ1) is 16.0. The summed E-state index contributed by atoms with van der Waals surface area (Å²) >= 11 is 2.32. The maximum Gasteiger partial charge on any atom is 0.310 e. The lowest BCUT2D eigenvalue weighted by molar-refractivity contribution is -0.150. The second-order valence-corrected chi connectivity index (χ2v) is 7.47. The quantitative estimate of drug-likeness (QED) is 0.431. The SMILES string of the molecule is C=CCN1[C@H]2CC[C@@H]1[C@@H](C(=O)OC)[C@@H](c1ccc(I)cc1)C2. The Morgan fingerprint density at radius 1 is 1.41 bits per heavy atom. The molecule has 2 saturated heterocycles. The number of benzene rings is 1. The summed E-state index contributed by atoms with van der Waals surface area (Å²) in [6, 6.07) is 9.45. The topological polar surface area (TPSA) is 29.5 Å². The Morgan fingerprint density at radius 3 is 2.77 bits per heavy atom. The fraction of sp³-hybridized carbons (Fsp3) is 0.500. The van der Waals surface area contributed by atoms with Gasteiger partial charge < -0.3 is 4.74 Å². The summed E-state index contributed by atoms with van der Waals surface area (Å²) in [6.07, 6.45) is 5.24. The Hall–Kier alpha value is -0.880. The van der Waals surface area contributed by atoms with Gasteiger partial charge >= 0.3 is 5.97 Å². The molecule has 2 fully saturated rings. The number of fused-ring (bicyclic) bond motifs is 2. The molecule has 4 heteroatoms. The van der Waals surface area contributed by atoms with Crippen LogP contribution in [0.4, 0.5) is 0 Å². The van der Waals surface area contributed by atoms with Gasteiger partial charge in [-0.25, -0.2) is 0 Å². The van der Waals surface area contributed by atoms with Gasteiger partial charge in [0.15, 0.2) is 0 Å². The van der Waals surface area contributed by atoms with Gasteiger partial charge in [-0.2, -0.15) is 0 Å². The number of methoxy groups -OCH3 is 1. The van der Waals surface area contributed by atoms with E-state index in [2.05, 4.69) is 58.3 Å². The van der Waals surface area contributed by atoms with Crippen LogP contribution in [0, 0.1) is 9.49 Å². The molecule has 0 amide bonds. The Balaban J connectivity index is 1.94. The number of ether oxygens (including phenoxy) is 1. The Labute approximate surface area is 145 Å². The molecule has 0 aromatic heterocycles. The highest BCUT2D eigenvalue weighted by molar-refractivity contribution is 14.1. The predicted molar refractivity (Wildman–Crippen MR) is 95.7 cm³/mol. The zero-order valence-corrected chi connectivity index (χ0v) is 15.0. The molecule has 0 N–H and O–H groups in total. The molecule has 1 aromatic carbocycles. The van der Waals surface area contributed by atoms with Crippen molar-refractivity contribution in [3.8, 4) is 0 Å². The third-order valence-corrected chi connectivity index (χ3v) is 5.90. The minimum atomic E-state index is -0.0667. The van der Waals surface area contributed by atoms with Crippen LogP contribution in [-0.2, 0) is 9.53 Å². The van der Waals surface area contributed by atoms with Crippen molar-refractivity contribution in [3.05, 3.63) is 46.1 Å². The van der Waals surface area contributed by atoms with Gasteiger partial charge in [0.2, 0.25) is 0 Å². The van der Waals surface area contributed by atoms with E-state index < -0.39 is 0 Å². The summed E-state index contributed by atoms with van der Waals surface area (Å²) < 4.78 is 6.37. The number of rotatable bonds is 4. The van der Waals surface area contributed by atoms with Crippen molar-refractivity contribution in [2.45, 2.75) is 37.3 Å². The van der Waals surface area contributed by atoms with Gasteiger partial charge in [-0.05, 0) is 59.5 Å². The first-order valence-corrected chi connectivity index (χ1v) is 8.93. The Bertz CT molecular complexity index is 557. The van der Waals surface area contributed by atoms with E-state index in [0.717, 1.165) is 19.4 Å². The van der Waals surface area contributed by atoms with E-state index in [1.165, 1.54) is 22.7 Å². The summed E-state index contributed by atoms with van der Waals surface area (Å²) in [5.41, 5.74) is 1.27. The van der Waals surface area contributed by atoms with Gasteiger partial charge in [0.25, 0.3) is 0 Å². The van der Waals surface area contributed by atoms with Gasteiger partial charge in [-0.15, -0.1) is 6.58 Å². The van der Waals surface area contributed by atoms with Crippen LogP contribution in [0.2, 0.25) is 0 Å². The standard InChI is InChI=1S/C18H22INO2/c1-3-10-20-14-8-9-16(20)17(18(21)22-2)15(11-14)12-4-6-13(19)7-5-12/h3-7,14-17H,1,8-11H2,2H3/t14-,15+,16+,17-/m0/s1. The van der Waals surface area contributed by atoms with Gasteiger partial charge in [-0.1, -0.05) is 18.2 Å². The molecular weight excluding hydrogens is 389 g/mol. The molecule has 3 nitrogen and oxygen atoms in total. The van der Waals surface area contributed by atoms with Crippen LogP contribution < -0.4 is 0 Å². The molecular formula is C18H22INO2. The lowest BCUT2D eigenvalue weighted by Gasteiger charge is -2.43. The van der Waals surface area contributed by atoms with Crippen LogP contribution in [0.3, 0.4) is 0 Å². The van der Waals surface area contributed by atoms with Crippen molar-refractivity contribution in [1.82, 2.24) is 4.90 Å². The van der Waals surface area contributed by atoms with Crippen molar-refractivity contribution >= 4 is 28.6 Å². The van der Waals surface area contributed by atoms with Crippen LogP contribution in [0.25, 0.3) is 0 Å². The van der Waals surface area contributed by atoms with Gasteiger partial charge in [0.1, 0.15) is 0 Å². The Kier molecular flexibility index (Phi) is 4.88. The molecule has 118 valence electrons. The van der Waals surface area contributed by atoms with Crippen LogP contribution in [0.15, 0.2) is 36.9 Å². The number of halogens is 1. The van der Waals surface area contributed by atoms with Crippen LogP contribution in [-0.4, -0.2) is 36.6 Å². The third kappa shape index (κ3) is 2.83. The number of carbonyl (C=O) groups is 1. The van der Waals surface area contributed by atoms with Gasteiger partial charge in [-0.3, -0.25) is 9.69 Å². The van der Waals surface area contributed by atoms with Crippen molar-refractivity contribution < 1.29 is 9.53 Å². The highest BCUT2D eigenvalue weighted by Gasteiger charge is 2.50. The fourth-order valence-electron chi connectivity index (χ4n) is 4.26. The van der Waals surface area contributed by atoms with Crippen molar-refractivity contribution in [2.24, 2.45) is 5.92 Å². The van der Waals surface area contributed by atoms with Crippen LogP contribution >= 0.6 is 22.6 Å². The fourth-order valence-corrected chi connectivity index (χ4v) is 4.62. The summed E-state index contributed by atoms with van der Waals surface area (Å²) in [4.78, 5) is 14.9. The van der Waals surface area contributed by atoms with Crippen molar-refractivity contribution in [1.29, 1.82) is 0 Å². The molecule has 1 aromatic rings. The zero-order chi connectivity index (χ0) is 15.7. The molecule has 4 atom stereocenters. The van der Waals surface area contributed by atoms with E-state index in [-0.39, 0.29) is 23.8 Å². The maximum atomic E-state index is 12.5. The minimum absolute atomic E-state index is 0.0660. The third-order valence-electron chi connectivity index (χ3n) is 5.18. The highest BCUT2D eigenvalue weighted by atomic mass is 127. The first-order valence-electron chi connectivity index (χ1n) is 7.85. The van der Waals surface area contributed by atoms with E-state index in [9.17, 15) is 4.79 Å². The molecule has 3 rings (SSSR count). The predicted octanol–water partition coefficient (Wildman–Crippen LogP) is 3.59. The molecule has 0 aliphatic carbocycles. The van der Waals surface area contributed by atoms with E-state index in [1.807, 2.05) is 6.08 Å². The molecule has 2 aliphatic heterocycles. The second kappa shape index (κ2) is 6.71. The molecule has 0 radical (unpaired) electrons. The molecule has 0 spiro atoms. The number of nitrogens with zero attached hydrogens (tertiary/aromatic N) is 1. The maximum absolute atomic E-state index is 12.5. The lowest BCUT2D eigenvalue weighted by Crippen LogP contribution is -2.50. The number of carbonyl (C=O) groups excluding carboxylic acids is 1. The Morgan fingerprint density at radius 2 is 2.14 bits per heavy atom. The molecule has 2 bridgehead atoms. The highest BCUT2D eigenvalue weighted by Crippen LogP contribution is 2.47. The summed E-state index contributed by atoms with van der Waals surface area (Å²) in [6.45, 7) is 4.73. The normalized spacial score (nSPS) is 31.0. The average Bonchev–Trinajstić information content (AvgIpc) is 2.80. The van der Waals surface area contributed by atoms with Gasteiger partial charge in [0, 0.05) is 28.1 Å². The molecule has 2 aliphatic rings. The molecule has 0 unspecified atom stereocenters. The van der Waals surface area contributed by atoms with E-state index in [0.29, 0.717) is 6.04 Å². The molecule has 0 saturated carbocycles. The second-order valence-electron chi connectivity index (χ2n) is 6.23.